The van der Waals surface area contributed by atoms with Gasteiger partial charge in [-0.25, -0.2) is 0 Å². The third kappa shape index (κ3) is 3.70. The van der Waals surface area contributed by atoms with Gasteiger partial charge in [-0.3, -0.25) is 0 Å². The van der Waals surface area contributed by atoms with Crippen LogP contribution in [0, 0.1) is 5.92 Å². The molecular weight excluding hydrogens is 308 g/mol. The highest BCUT2D eigenvalue weighted by Crippen LogP contribution is 2.46. The van der Waals surface area contributed by atoms with Crippen LogP contribution in [0.1, 0.15) is 65.4 Å². The van der Waals surface area contributed by atoms with Gasteiger partial charge >= 0.3 is 0 Å². The summed E-state index contributed by atoms with van der Waals surface area (Å²) in [7, 11) is -1.44. The van der Waals surface area contributed by atoms with E-state index >= 15 is 0 Å². The van der Waals surface area contributed by atoms with Crippen molar-refractivity contribution in [3.05, 3.63) is 47.2 Å². The van der Waals surface area contributed by atoms with Gasteiger partial charge in [0, 0.05) is 0 Å². The molecule has 1 N–H and O–H groups in total. The molecule has 1 aliphatic carbocycles. The fourth-order valence-corrected chi connectivity index (χ4v) is 9.05. The Balaban J connectivity index is 2.41. The van der Waals surface area contributed by atoms with Crippen molar-refractivity contribution in [2.45, 2.75) is 83.5 Å². The van der Waals surface area contributed by atoms with Crippen LogP contribution in [0.25, 0.3) is 0 Å². The summed E-state index contributed by atoms with van der Waals surface area (Å²) in [6.45, 7) is 9.28. The summed E-state index contributed by atoms with van der Waals surface area (Å²) >= 11 is 0. The molecule has 1 aliphatic rings. The minimum absolute atomic E-state index is 0.409. The molecule has 0 radical (unpaired) electrons. The average Bonchev–Trinajstić information content (AvgIpc) is 3.18. The molecule has 1 unspecified atom stereocenters. The molecular formula is C22H36OSi. The lowest BCUT2D eigenvalue weighted by Crippen LogP contribution is -2.41. The Morgan fingerprint density at radius 3 is 2.08 bits per heavy atom. The van der Waals surface area contributed by atoms with Crippen LogP contribution in [-0.2, 0) is 5.60 Å². The number of allylic oxidation sites excluding steroid dienone is 1. The fraction of sp³-hybridized carbons (Fsp3) is 0.636. The molecule has 1 saturated carbocycles. The third-order valence-corrected chi connectivity index (χ3v) is 12.7. The van der Waals surface area contributed by atoms with Crippen molar-refractivity contribution < 1.29 is 5.11 Å². The molecule has 1 atom stereocenters. The number of benzene rings is 1. The van der Waals surface area contributed by atoms with E-state index in [0.717, 1.165) is 12.0 Å². The van der Waals surface area contributed by atoms with Gasteiger partial charge in [-0.1, -0.05) is 93.3 Å². The molecule has 24 heavy (non-hydrogen) atoms. The van der Waals surface area contributed by atoms with Crippen molar-refractivity contribution in [1.29, 1.82) is 0 Å². The summed E-state index contributed by atoms with van der Waals surface area (Å²) in [5.74, 6) is 0.409. The summed E-state index contributed by atoms with van der Waals surface area (Å²) < 4.78 is 0. The predicted octanol–water partition coefficient (Wildman–Crippen LogP) is 6.45. The first kappa shape index (κ1) is 19.5. The Kier molecular flexibility index (Phi) is 6.88. The zero-order valence-corrected chi connectivity index (χ0v) is 17.1. The highest BCUT2D eigenvalue weighted by Gasteiger charge is 2.43. The monoisotopic (exact) mass is 344 g/mol. The van der Waals surface area contributed by atoms with E-state index in [0.29, 0.717) is 5.92 Å². The summed E-state index contributed by atoms with van der Waals surface area (Å²) in [5.41, 5.74) is 0.444. The summed E-state index contributed by atoms with van der Waals surface area (Å²) in [6, 6.07) is 14.3. The smallest absolute Gasteiger partial charge is 0.0957 e. The number of hydrogen-bond acceptors (Lipinski definition) is 1. The van der Waals surface area contributed by atoms with Crippen molar-refractivity contribution in [2.24, 2.45) is 5.92 Å². The van der Waals surface area contributed by atoms with Crippen LogP contribution in [-0.4, -0.2) is 13.2 Å². The Labute approximate surface area is 150 Å². The molecule has 0 aliphatic heterocycles. The first-order chi connectivity index (χ1) is 11.6. The Morgan fingerprint density at radius 1 is 1.08 bits per heavy atom. The van der Waals surface area contributed by atoms with Gasteiger partial charge in [-0.05, 0) is 37.7 Å². The molecule has 2 heteroatoms. The van der Waals surface area contributed by atoms with Crippen LogP contribution in [0.4, 0.5) is 0 Å². The quantitative estimate of drug-likeness (QED) is 0.537. The Bertz CT molecular complexity index is 518. The van der Waals surface area contributed by atoms with Crippen LogP contribution in [0.15, 0.2) is 41.6 Å². The van der Waals surface area contributed by atoms with Crippen molar-refractivity contribution in [3.63, 3.8) is 0 Å². The molecule has 0 spiro atoms. The van der Waals surface area contributed by atoms with Gasteiger partial charge in [0.05, 0.1) is 13.7 Å². The standard InChI is InChI=1S/C22H36OSi/c1-5-21(24(6-2,7-3)8-4)18-22(23,20-16-12-13-17-20)19-14-10-9-11-15-19/h5,9-11,14-15,20,23H,6-8,12-13,16-18H2,1-4H3/b21-5+. The average molecular weight is 345 g/mol. The molecule has 0 bridgehead atoms. The molecule has 0 saturated heterocycles. The van der Waals surface area contributed by atoms with E-state index in [1.54, 1.807) is 5.20 Å². The first-order valence-electron chi connectivity index (χ1n) is 9.99. The van der Waals surface area contributed by atoms with E-state index in [1.807, 2.05) is 0 Å². The highest BCUT2D eigenvalue weighted by molar-refractivity contribution is 6.86. The maximum absolute atomic E-state index is 11.9. The van der Waals surface area contributed by atoms with E-state index < -0.39 is 13.7 Å². The molecule has 0 heterocycles. The van der Waals surface area contributed by atoms with Crippen molar-refractivity contribution in [1.82, 2.24) is 0 Å². The van der Waals surface area contributed by atoms with Gasteiger partial charge in [-0.2, -0.15) is 0 Å². The zero-order chi connectivity index (χ0) is 17.6. The molecule has 1 aromatic carbocycles. The second-order valence-electron chi connectivity index (χ2n) is 7.60. The lowest BCUT2D eigenvalue weighted by molar-refractivity contribution is -0.0206. The van der Waals surface area contributed by atoms with E-state index in [2.05, 4.69) is 64.1 Å². The van der Waals surface area contributed by atoms with Crippen LogP contribution >= 0.6 is 0 Å². The summed E-state index contributed by atoms with van der Waals surface area (Å²) in [6.07, 6.45) is 8.07. The largest absolute Gasteiger partial charge is 0.385 e. The van der Waals surface area contributed by atoms with Crippen molar-refractivity contribution in [2.75, 3.05) is 0 Å². The predicted molar refractivity (Wildman–Crippen MR) is 108 cm³/mol. The fourth-order valence-electron chi connectivity index (χ4n) is 4.93. The van der Waals surface area contributed by atoms with Crippen LogP contribution in [0.2, 0.25) is 18.1 Å². The van der Waals surface area contributed by atoms with Gasteiger partial charge < -0.3 is 5.11 Å². The van der Waals surface area contributed by atoms with Crippen LogP contribution in [0.3, 0.4) is 0 Å². The summed E-state index contributed by atoms with van der Waals surface area (Å²) in [4.78, 5) is 0. The molecule has 0 amide bonds. The topological polar surface area (TPSA) is 20.2 Å². The van der Waals surface area contributed by atoms with Gasteiger partial charge in [0.25, 0.3) is 0 Å². The third-order valence-electron chi connectivity index (χ3n) is 6.82. The van der Waals surface area contributed by atoms with Crippen LogP contribution in [0.5, 0.6) is 0 Å². The Morgan fingerprint density at radius 2 is 1.62 bits per heavy atom. The van der Waals surface area contributed by atoms with E-state index in [4.69, 9.17) is 0 Å². The zero-order valence-electron chi connectivity index (χ0n) is 16.1. The van der Waals surface area contributed by atoms with E-state index in [-0.39, 0.29) is 0 Å². The lowest BCUT2D eigenvalue weighted by Gasteiger charge is -2.40. The van der Waals surface area contributed by atoms with Crippen molar-refractivity contribution >= 4 is 8.07 Å². The second-order valence-corrected chi connectivity index (χ2v) is 12.9. The van der Waals surface area contributed by atoms with Crippen LogP contribution < -0.4 is 0 Å². The van der Waals surface area contributed by atoms with E-state index in [1.165, 1.54) is 43.8 Å². The first-order valence-corrected chi connectivity index (χ1v) is 12.6. The maximum atomic E-state index is 11.9. The minimum Gasteiger partial charge on any atom is -0.385 e. The molecule has 1 nitrogen and oxygen atoms in total. The highest BCUT2D eigenvalue weighted by atomic mass is 28.3. The molecule has 134 valence electrons. The van der Waals surface area contributed by atoms with Gasteiger partial charge in [0.1, 0.15) is 0 Å². The second kappa shape index (κ2) is 8.49. The number of aliphatic hydroxyl groups is 1. The van der Waals surface area contributed by atoms with Crippen molar-refractivity contribution in [3.8, 4) is 0 Å². The minimum atomic E-state index is -1.44. The Hall–Kier alpha value is -0.863. The maximum Gasteiger partial charge on any atom is 0.0957 e. The molecule has 0 aromatic heterocycles. The van der Waals surface area contributed by atoms with Gasteiger partial charge in [0.15, 0.2) is 0 Å². The lowest BCUT2D eigenvalue weighted by atomic mass is 9.77. The molecule has 1 aromatic rings. The number of rotatable bonds is 8. The SMILES string of the molecule is C/C=C(\CC(O)(c1ccccc1)C1CCCC1)[Si](CC)(CC)CC. The number of hydrogen-bond donors (Lipinski definition) is 1. The van der Waals surface area contributed by atoms with Gasteiger partial charge in [0.2, 0.25) is 0 Å². The van der Waals surface area contributed by atoms with E-state index in [9.17, 15) is 5.11 Å². The molecule has 1 fully saturated rings. The van der Waals surface area contributed by atoms with Gasteiger partial charge in [-0.15, -0.1) is 0 Å². The normalized spacial score (nSPS) is 19.5. The summed E-state index contributed by atoms with van der Waals surface area (Å²) in [5, 5.41) is 13.5. The molecule has 2 rings (SSSR count).